The Morgan fingerprint density at radius 1 is 1.11 bits per heavy atom. The standard InChI is InChI=1S/C20H19N5O3/c26-18(8-9-19-23-20(24-28-19)17-3-1-14-27-17)21-12-10-15-4-6-16(7-5-15)25-13-2-11-22-25/h1-7,11,13-14H,8-10,12H2,(H,21,26). The van der Waals surface area contributed by atoms with Gasteiger partial charge in [0.1, 0.15) is 0 Å². The Kier molecular flexibility index (Phi) is 5.28. The Hall–Kier alpha value is -3.68. The normalized spacial score (nSPS) is 10.9. The second-order valence-electron chi connectivity index (χ2n) is 6.21. The van der Waals surface area contributed by atoms with Crippen LogP contribution >= 0.6 is 0 Å². The zero-order valence-corrected chi connectivity index (χ0v) is 15.1. The smallest absolute Gasteiger partial charge is 0.238 e. The van der Waals surface area contributed by atoms with Gasteiger partial charge in [0.15, 0.2) is 5.76 Å². The summed E-state index contributed by atoms with van der Waals surface area (Å²) < 4.78 is 12.2. The number of carbonyl (C=O) groups excluding carboxylic acids is 1. The van der Waals surface area contributed by atoms with Crippen molar-refractivity contribution in [3.05, 3.63) is 72.6 Å². The SMILES string of the molecule is O=C(CCc1nc(-c2ccco2)no1)NCCc1ccc(-n2cccn2)cc1. The lowest BCUT2D eigenvalue weighted by molar-refractivity contribution is -0.121. The van der Waals surface area contributed by atoms with Crippen molar-refractivity contribution in [3.8, 4) is 17.3 Å². The van der Waals surface area contributed by atoms with Crippen molar-refractivity contribution < 1.29 is 13.7 Å². The number of hydrogen-bond donors (Lipinski definition) is 1. The second kappa shape index (κ2) is 8.34. The highest BCUT2D eigenvalue weighted by Gasteiger charge is 2.12. The van der Waals surface area contributed by atoms with E-state index in [0.29, 0.717) is 30.4 Å². The van der Waals surface area contributed by atoms with Crippen LogP contribution in [0.5, 0.6) is 0 Å². The fraction of sp³-hybridized carbons (Fsp3) is 0.200. The topological polar surface area (TPSA) is 99.0 Å². The van der Waals surface area contributed by atoms with E-state index in [9.17, 15) is 4.79 Å². The van der Waals surface area contributed by atoms with Gasteiger partial charge in [0, 0.05) is 31.8 Å². The lowest BCUT2D eigenvalue weighted by Gasteiger charge is -2.06. The van der Waals surface area contributed by atoms with Gasteiger partial charge in [0.05, 0.1) is 12.0 Å². The third kappa shape index (κ3) is 4.35. The van der Waals surface area contributed by atoms with Crippen molar-refractivity contribution in [2.45, 2.75) is 19.3 Å². The highest BCUT2D eigenvalue weighted by Crippen LogP contribution is 2.16. The molecule has 0 fully saturated rings. The van der Waals surface area contributed by atoms with Crippen molar-refractivity contribution in [1.82, 2.24) is 25.2 Å². The molecule has 8 nitrogen and oxygen atoms in total. The van der Waals surface area contributed by atoms with Gasteiger partial charge in [-0.05, 0) is 42.3 Å². The van der Waals surface area contributed by atoms with Crippen LogP contribution in [0.25, 0.3) is 17.3 Å². The minimum absolute atomic E-state index is 0.0501. The minimum Gasteiger partial charge on any atom is -0.461 e. The number of amides is 1. The molecule has 1 aromatic carbocycles. The van der Waals surface area contributed by atoms with Gasteiger partial charge in [-0.15, -0.1) is 0 Å². The van der Waals surface area contributed by atoms with Crippen LogP contribution in [0.4, 0.5) is 0 Å². The summed E-state index contributed by atoms with van der Waals surface area (Å²) in [5.41, 5.74) is 2.16. The van der Waals surface area contributed by atoms with Crippen LogP contribution in [-0.4, -0.2) is 32.4 Å². The molecule has 4 rings (SSSR count). The minimum atomic E-state index is -0.0501. The van der Waals surface area contributed by atoms with E-state index in [0.717, 1.165) is 17.7 Å². The van der Waals surface area contributed by atoms with E-state index in [1.54, 1.807) is 29.3 Å². The first-order chi connectivity index (χ1) is 13.8. The first-order valence-corrected chi connectivity index (χ1v) is 9.00. The number of benzene rings is 1. The van der Waals surface area contributed by atoms with Crippen LogP contribution in [0.2, 0.25) is 0 Å². The maximum absolute atomic E-state index is 12.0. The lowest BCUT2D eigenvalue weighted by atomic mass is 10.1. The Labute approximate surface area is 161 Å². The average molecular weight is 377 g/mol. The van der Waals surface area contributed by atoms with Crippen LogP contribution < -0.4 is 5.32 Å². The number of aryl methyl sites for hydroxylation is 1. The predicted molar refractivity (Wildman–Crippen MR) is 101 cm³/mol. The molecule has 0 saturated carbocycles. The molecule has 0 bridgehead atoms. The van der Waals surface area contributed by atoms with Gasteiger partial charge in [-0.3, -0.25) is 4.79 Å². The quantitative estimate of drug-likeness (QED) is 0.507. The number of nitrogens with one attached hydrogen (secondary N) is 1. The summed E-state index contributed by atoms with van der Waals surface area (Å²) in [5.74, 6) is 1.29. The molecular formula is C20H19N5O3. The fourth-order valence-corrected chi connectivity index (χ4v) is 2.75. The molecule has 8 heteroatoms. The summed E-state index contributed by atoms with van der Waals surface area (Å²) >= 11 is 0. The van der Waals surface area contributed by atoms with Gasteiger partial charge in [-0.2, -0.15) is 10.1 Å². The molecule has 0 aliphatic rings. The highest BCUT2D eigenvalue weighted by molar-refractivity contribution is 5.76. The van der Waals surface area contributed by atoms with E-state index in [2.05, 4.69) is 20.6 Å². The van der Waals surface area contributed by atoms with Crippen molar-refractivity contribution in [2.24, 2.45) is 0 Å². The Morgan fingerprint density at radius 3 is 2.75 bits per heavy atom. The van der Waals surface area contributed by atoms with Gasteiger partial charge in [0.2, 0.25) is 17.6 Å². The molecule has 142 valence electrons. The summed E-state index contributed by atoms with van der Waals surface area (Å²) in [6.07, 6.45) is 6.62. The molecule has 0 radical (unpaired) electrons. The summed E-state index contributed by atoms with van der Waals surface area (Å²) in [6.45, 7) is 0.571. The lowest BCUT2D eigenvalue weighted by Crippen LogP contribution is -2.25. The Balaban J connectivity index is 1.20. The van der Waals surface area contributed by atoms with E-state index in [1.807, 2.05) is 36.5 Å². The molecule has 0 saturated heterocycles. The number of furan rings is 1. The third-order valence-electron chi connectivity index (χ3n) is 4.22. The number of nitrogens with zero attached hydrogens (tertiary/aromatic N) is 4. The van der Waals surface area contributed by atoms with Gasteiger partial charge < -0.3 is 14.3 Å². The van der Waals surface area contributed by atoms with Crippen molar-refractivity contribution in [2.75, 3.05) is 6.54 Å². The zero-order chi connectivity index (χ0) is 19.2. The molecule has 4 aromatic rings. The predicted octanol–water partition coefficient (Wildman–Crippen LogP) is 2.81. The van der Waals surface area contributed by atoms with E-state index < -0.39 is 0 Å². The third-order valence-corrected chi connectivity index (χ3v) is 4.22. The van der Waals surface area contributed by atoms with E-state index >= 15 is 0 Å². The molecule has 0 aliphatic carbocycles. The number of hydrogen-bond acceptors (Lipinski definition) is 6. The molecule has 3 aromatic heterocycles. The Morgan fingerprint density at radius 2 is 2.00 bits per heavy atom. The molecule has 1 N–H and O–H groups in total. The molecule has 0 atom stereocenters. The van der Waals surface area contributed by atoms with Gasteiger partial charge >= 0.3 is 0 Å². The van der Waals surface area contributed by atoms with Crippen LogP contribution in [0.3, 0.4) is 0 Å². The number of aromatic nitrogens is 4. The highest BCUT2D eigenvalue weighted by atomic mass is 16.5. The van der Waals surface area contributed by atoms with E-state index in [4.69, 9.17) is 8.94 Å². The summed E-state index contributed by atoms with van der Waals surface area (Å²) in [4.78, 5) is 16.2. The first kappa shape index (κ1) is 17.7. The maximum Gasteiger partial charge on any atom is 0.238 e. The van der Waals surface area contributed by atoms with Crippen molar-refractivity contribution in [3.63, 3.8) is 0 Å². The van der Waals surface area contributed by atoms with E-state index in [-0.39, 0.29) is 12.3 Å². The molecule has 28 heavy (non-hydrogen) atoms. The van der Waals surface area contributed by atoms with Gasteiger partial charge in [-0.1, -0.05) is 17.3 Å². The monoisotopic (exact) mass is 377 g/mol. The molecule has 0 unspecified atom stereocenters. The second-order valence-corrected chi connectivity index (χ2v) is 6.21. The summed E-state index contributed by atoms with van der Waals surface area (Å²) in [5, 5.41) is 11.0. The Bertz CT molecular complexity index is 1000. The molecule has 1 amide bonds. The van der Waals surface area contributed by atoms with Crippen LogP contribution in [-0.2, 0) is 17.6 Å². The van der Waals surface area contributed by atoms with Gasteiger partial charge in [-0.25, -0.2) is 4.68 Å². The van der Waals surface area contributed by atoms with Crippen molar-refractivity contribution >= 4 is 5.91 Å². The number of rotatable bonds is 8. The molecule has 0 spiro atoms. The molecule has 3 heterocycles. The van der Waals surface area contributed by atoms with Crippen LogP contribution in [0.15, 0.2) is 70.1 Å². The average Bonchev–Trinajstić information content (AvgIpc) is 3.49. The fourth-order valence-electron chi connectivity index (χ4n) is 2.75. The largest absolute Gasteiger partial charge is 0.461 e. The first-order valence-electron chi connectivity index (χ1n) is 9.00. The van der Waals surface area contributed by atoms with Crippen molar-refractivity contribution in [1.29, 1.82) is 0 Å². The summed E-state index contributed by atoms with van der Waals surface area (Å²) in [6, 6.07) is 13.5. The maximum atomic E-state index is 12.0. The van der Waals surface area contributed by atoms with Gasteiger partial charge in [0.25, 0.3) is 0 Å². The van der Waals surface area contributed by atoms with E-state index in [1.165, 1.54) is 0 Å². The van der Waals surface area contributed by atoms with Crippen LogP contribution in [0.1, 0.15) is 17.9 Å². The zero-order valence-electron chi connectivity index (χ0n) is 15.1. The number of carbonyl (C=O) groups is 1. The van der Waals surface area contributed by atoms with Crippen LogP contribution in [0, 0.1) is 0 Å². The summed E-state index contributed by atoms with van der Waals surface area (Å²) in [7, 11) is 0. The molecular weight excluding hydrogens is 358 g/mol. The molecule has 0 aliphatic heterocycles.